The normalized spacial score (nSPS) is 11.4. The molecule has 19 heavy (non-hydrogen) atoms. The Kier molecular flexibility index (Phi) is 2.70. The van der Waals surface area contributed by atoms with E-state index in [0.29, 0.717) is 12.8 Å². The molecule has 1 N–H and O–H groups in total. The second kappa shape index (κ2) is 4.38. The Hall–Kier alpha value is -2.37. The number of nitrogens with zero attached hydrogens (tertiary/aromatic N) is 4. The number of fused-ring (bicyclic) bond motifs is 3. The zero-order valence-electron chi connectivity index (χ0n) is 10.6. The van der Waals surface area contributed by atoms with E-state index in [1.165, 1.54) is 0 Å². The molecule has 0 saturated carbocycles. The van der Waals surface area contributed by atoms with Crippen LogP contribution in [0, 0.1) is 0 Å². The quantitative estimate of drug-likeness (QED) is 0.772. The van der Waals surface area contributed by atoms with Crippen molar-refractivity contribution in [1.29, 1.82) is 0 Å². The lowest BCUT2D eigenvalue weighted by Gasteiger charge is -1.97. The van der Waals surface area contributed by atoms with Crippen LogP contribution in [0.25, 0.3) is 16.8 Å². The minimum Gasteiger partial charge on any atom is -0.481 e. The molecule has 0 radical (unpaired) electrons. The smallest absolute Gasteiger partial charge is 0.303 e. The van der Waals surface area contributed by atoms with Gasteiger partial charge in [0.05, 0.1) is 11.0 Å². The van der Waals surface area contributed by atoms with Gasteiger partial charge in [-0.05, 0) is 18.6 Å². The molecule has 2 heterocycles. The lowest BCUT2D eigenvalue weighted by Crippen LogP contribution is -1.99. The molecular formula is C13H14N4O2. The maximum Gasteiger partial charge on any atom is 0.303 e. The Bertz CT molecular complexity index is 757. The maximum absolute atomic E-state index is 10.6. The second-order valence-electron chi connectivity index (χ2n) is 4.55. The summed E-state index contributed by atoms with van der Waals surface area (Å²) in [6.07, 6.45) is 1.33. The fraction of sp³-hybridized carbons (Fsp3) is 0.308. The summed E-state index contributed by atoms with van der Waals surface area (Å²) in [6, 6.07) is 8.01. The molecule has 0 aliphatic heterocycles. The van der Waals surface area contributed by atoms with Gasteiger partial charge in [0.25, 0.3) is 0 Å². The highest BCUT2D eigenvalue weighted by atomic mass is 16.4. The molecule has 2 aromatic heterocycles. The monoisotopic (exact) mass is 258 g/mol. The summed E-state index contributed by atoms with van der Waals surface area (Å²) in [5.41, 5.74) is 2.14. The van der Waals surface area contributed by atoms with E-state index in [1.54, 1.807) is 0 Å². The van der Waals surface area contributed by atoms with Gasteiger partial charge in [-0.3, -0.25) is 9.20 Å². The number of hydrogen-bond acceptors (Lipinski definition) is 3. The van der Waals surface area contributed by atoms with Gasteiger partial charge in [-0.1, -0.05) is 12.1 Å². The largest absolute Gasteiger partial charge is 0.481 e. The summed E-state index contributed by atoms with van der Waals surface area (Å²) >= 11 is 0. The predicted molar refractivity (Wildman–Crippen MR) is 70.0 cm³/mol. The van der Waals surface area contributed by atoms with Crippen LogP contribution in [0.1, 0.15) is 18.7 Å². The third-order valence-electron chi connectivity index (χ3n) is 3.29. The zero-order valence-corrected chi connectivity index (χ0v) is 10.6. The molecule has 0 bridgehead atoms. The summed E-state index contributed by atoms with van der Waals surface area (Å²) in [6.45, 7) is 0. The van der Waals surface area contributed by atoms with Crippen molar-refractivity contribution in [3.05, 3.63) is 30.1 Å². The molecule has 0 amide bonds. The number of para-hydroxylation sites is 2. The van der Waals surface area contributed by atoms with Crippen molar-refractivity contribution >= 4 is 22.8 Å². The van der Waals surface area contributed by atoms with E-state index < -0.39 is 5.97 Å². The molecule has 0 spiro atoms. The van der Waals surface area contributed by atoms with Gasteiger partial charge in [-0.25, -0.2) is 0 Å². The molecule has 0 aliphatic rings. The van der Waals surface area contributed by atoms with Gasteiger partial charge in [-0.15, -0.1) is 10.2 Å². The minimum absolute atomic E-state index is 0.152. The summed E-state index contributed by atoms with van der Waals surface area (Å²) in [7, 11) is 1.95. The summed E-state index contributed by atoms with van der Waals surface area (Å²) in [5.74, 6) is 0.818. The molecular weight excluding hydrogens is 244 g/mol. The third kappa shape index (κ3) is 1.85. The fourth-order valence-corrected chi connectivity index (χ4v) is 2.38. The molecule has 6 heteroatoms. The van der Waals surface area contributed by atoms with Crippen LogP contribution in [0.2, 0.25) is 0 Å². The Morgan fingerprint density at radius 1 is 1.26 bits per heavy atom. The Morgan fingerprint density at radius 3 is 2.74 bits per heavy atom. The number of imidazole rings is 1. The van der Waals surface area contributed by atoms with Crippen LogP contribution in [0.5, 0.6) is 0 Å². The number of rotatable bonds is 4. The van der Waals surface area contributed by atoms with Gasteiger partial charge in [-0.2, -0.15) is 0 Å². The molecule has 98 valence electrons. The van der Waals surface area contributed by atoms with E-state index in [2.05, 4.69) is 10.2 Å². The molecule has 0 aliphatic carbocycles. The van der Waals surface area contributed by atoms with E-state index in [4.69, 9.17) is 5.11 Å². The van der Waals surface area contributed by atoms with Crippen molar-refractivity contribution in [2.24, 2.45) is 7.05 Å². The highest BCUT2D eigenvalue weighted by Crippen LogP contribution is 2.20. The van der Waals surface area contributed by atoms with Crippen LogP contribution in [-0.2, 0) is 18.3 Å². The van der Waals surface area contributed by atoms with Crippen LogP contribution >= 0.6 is 0 Å². The van der Waals surface area contributed by atoms with Gasteiger partial charge in [0.2, 0.25) is 5.78 Å². The van der Waals surface area contributed by atoms with Gasteiger partial charge in [0, 0.05) is 19.9 Å². The second-order valence-corrected chi connectivity index (χ2v) is 4.55. The molecule has 0 atom stereocenters. The molecule has 0 unspecified atom stereocenters. The van der Waals surface area contributed by atoms with Crippen LogP contribution in [0.4, 0.5) is 0 Å². The van der Waals surface area contributed by atoms with Crippen molar-refractivity contribution in [2.75, 3.05) is 0 Å². The number of carboxylic acids is 1. The molecule has 1 aromatic carbocycles. The highest BCUT2D eigenvalue weighted by Gasteiger charge is 2.14. The van der Waals surface area contributed by atoms with E-state index in [-0.39, 0.29) is 6.42 Å². The lowest BCUT2D eigenvalue weighted by molar-refractivity contribution is -0.137. The first-order valence-electron chi connectivity index (χ1n) is 6.17. The predicted octanol–water partition coefficient (Wildman–Crippen LogP) is 1.63. The average Bonchev–Trinajstić information content (AvgIpc) is 2.92. The van der Waals surface area contributed by atoms with Gasteiger partial charge in [0.1, 0.15) is 5.82 Å². The lowest BCUT2D eigenvalue weighted by atomic mass is 10.2. The highest BCUT2D eigenvalue weighted by molar-refractivity contribution is 5.80. The van der Waals surface area contributed by atoms with Crippen molar-refractivity contribution in [3.8, 4) is 0 Å². The van der Waals surface area contributed by atoms with Crippen LogP contribution in [0.15, 0.2) is 24.3 Å². The Morgan fingerprint density at radius 2 is 2.00 bits per heavy atom. The van der Waals surface area contributed by atoms with Crippen molar-refractivity contribution < 1.29 is 9.90 Å². The summed E-state index contributed by atoms with van der Waals surface area (Å²) in [5, 5.41) is 17.0. The Labute approximate surface area is 109 Å². The van der Waals surface area contributed by atoms with E-state index >= 15 is 0 Å². The van der Waals surface area contributed by atoms with Crippen molar-refractivity contribution in [2.45, 2.75) is 19.3 Å². The number of carboxylic acid groups (broad SMARTS) is 1. The average molecular weight is 258 g/mol. The first-order chi connectivity index (χ1) is 9.18. The molecule has 3 aromatic rings. The summed E-state index contributed by atoms with van der Waals surface area (Å²) < 4.78 is 3.99. The van der Waals surface area contributed by atoms with E-state index in [9.17, 15) is 4.79 Å². The number of aliphatic carboxylic acids is 1. The first kappa shape index (κ1) is 11.7. The number of benzene rings is 1. The number of carbonyl (C=O) groups is 1. The minimum atomic E-state index is -0.779. The third-order valence-corrected chi connectivity index (χ3v) is 3.29. The van der Waals surface area contributed by atoms with E-state index in [1.807, 2.05) is 40.3 Å². The van der Waals surface area contributed by atoms with Gasteiger partial charge >= 0.3 is 5.97 Å². The molecule has 6 nitrogen and oxygen atoms in total. The maximum atomic E-state index is 10.6. The first-order valence-corrected chi connectivity index (χ1v) is 6.17. The molecule has 0 fully saturated rings. The summed E-state index contributed by atoms with van der Waals surface area (Å²) in [4.78, 5) is 10.6. The topological polar surface area (TPSA) is 72.4 Å². The van der Waals surface area contributed by atoms with Crippen molar-refractivity contribution in [3.63, 3.8) is 0 Å². The Balaban J connectivity index is 2.06. The van der Waals surface area contributed by atoms with Crippen LogP contribution in [0.3, 0.4) is 0 Å². The van der Waals surface area contributed by atoms with Gasteiger partial charge < -0.3 is 9.67 Å². The van der Waals surface area contributed by atoms with E-state index in [0.717, 1.165) is 22.6 Å². The van der Waals surface area contributed by atoms with Crippen LogP contribution < -0.4 is 0 Å². The SMILES string of the molecule is Cn1c2ccccc2n2c(CCCC(=O)O)nnc12. The number of aryl methyl sites for hydroxylation is 2. The molecule has 0 saturated heterocycles. The standard InChI is InChI=1S/C13H14N4O2/c1-16-9-5-2-3-6-10(9)17-11(14-15-13(16)17)7-4-8-12(18)19/h2-3,5-6H,4,7-8H2,1H3,(H,18,19). The van der Waals surface area contributed by atoms with Crippen LogP contribution in [-0.4, -0.2) is 30.2 Å². The number of aromatic nitrogens is 4. The van der Waals surface area contributed by atoms with Gasteiger partial charge in [0.15, 0.2) is 0 Å². The zero-order chi connectivity index (χ0) is 13.4. The van der Waals surface area contributed by atoms with Crippen molar-refractivity contribution in [1.82, 2.24) is 19.2 Å². The fourth-order valence-electron chi connectivity index (χ4n) is 2.38. The molecule has 3 rings (SSSR count). The number of hydrogen-bond donors (Lipinski definition) is 1.